The zero-order valence-corrected chi connectivity index (χ0v) is 9.35. The molecule has 1 aromatic rings. The first-order valence-electron chi connectivity index (χ1n) is 4.13. The lowest BCUT2D eigenvalue weighted by molar-refractivity contribution is 0.241. The Morgan fingerprint density at radius 2 is 2.07 bits per heavy atom. The van der Waals surface area contributed by atoms with Crippen molar-refractivity contribution in [2.75, 3.05) is 20.2 Å². The fourth-order valence-corrected chi connectivity index (χ4v) is 1.16. The van der Waals surface area contributed by atoms with Gasteiger partial charge in [0, 0.05) is 19.7 Å². The molecule has 0 aromatic heterocycles. The van der Waals surface area contributed by atoms with E-state index in [-0.39, 0.29) is 0 Å². The van der Waals surface area contributed by atoms with Crippen LogP contribution in [0.25, 0.3) is 0 Å². The number of nitrogens with zero attached hydrogens (tertiary/aromatic N) is 1. The Hall–Kier alpha value is -0.480. The Morgan fingerprint density at radius 1 is 1.36 bits per heavy atom. The van der Waals surface area contributed by atoms with Gasteiger partial charge in [-0.05, 0) is 12.1 Å². The number of hydrogen-bond donors (Lipinski definition) is 1. The number of hydrogen-bond acceptors (Lipinski definition) is 3. The third-order valence-corrected chi connectivity index (χ3v) is 2.34. The molecule has 0 aliphatic rings. The first-order valence-corrected chi connectivity index (χ1v) is 4.89. The van der Waals surface area contributed by atoms with Crippen LogP contribution in [0.3, 0.4) is 0 Å². The van der Waals surface area contributed by atoms with Gasteiger partial charge in [-0.25, -0.2) is 5.01 Å². The minimum absolute atomic E-state index is 0.491. The lowest BCUT2D eigenvalue weighted by Gasteiger charge is -2.11. The van der Waals surface area contributed by atoms with E-state index in [1.54, 1.807) is 30.3 Å². The zero-order chi connectivity index (χ0) is 10.6. The van der Waals surface area contributed by atoms with Gasteiger partial charge in [-0.1, -0.05) is 23.2 Å². The minimum Gasteiger partial charge on any atom is -0.492 e. The Bertz CT molecular complexity index is 305. The molecule has 0 heterocycles. The lowest BCUT2D eigenvalue weighted by Crippen LogP contribution is -2.30. The maximum atomic E-state index is 5.81. The van der Waals surface area contributed by atoms with Crippen molar-refractivity contribution < 1.29 is 4.74 Å². The number of likely N-dealkylation sites (N-methyl/N-ethyl adjacent to an activating group) is 1. The fraction of sp³-hybridized carbons (Fsp3) is 0.333. The van der Waals surface area contributed by atoms with E-state index in [1.807, 2.05) is 0 Å². The smallest absolute Gasteiger partial charge is 0.120 e. The summed E-state index contributed by atoms with van der Waals surface area (Å²) in [6, 6.07) is 5.15. The van der Waals surface area contributed by atoms with Crippen LogP contribution in [0.1, 0.15) is 0 Å². The summed E-state index contributed by atoms with van der Waals surface area (Å²) in [6.45, 7) is 1.17. The molecule has 0 saturated carbocycles. The second-order valence-electron chi connectivity index (χ2n) is 2.90. The number of rotatable bonds is 4. The van der Waals surface area contributed by atoms with Crippen LogP contribution in [0.5, 0.6) is 5.75 Å². The van der Waals surface area contributed by atoms with Crippen molar-refractivity contribution in [3.8, 4) is 5.75 Å². The quantitative estimate of drug-likeness (QED) is 0.642. The summed E-state index contributed by atoms with van der Waals surface area (Å²) < 4.78 is 5.39. The molecule has 5 heteroatoms. The molecule has 0 fully saturated rings. The predicted octanol–water partition coefficient (Wildman–Crippen LogP) is 2.18. The monoisotopic (exact) mass is 234 g/mol. The van der Waals surface area contributed by atoms with Crippen LogP contribution in [0.2, 0.25) is 10.0 Å². The Labute approximate surface area is 93.3 Å². The fourth-order valence-electron chi connectivity index (χ4n) is 0.874. The van der Waals surface area contributed by atoms with E-state index in [4.69, 9.17) is 33.8 Å². The Kier molecular flexibility index (Phi) is 4.48. The number of halogens is 2. The SMILES string of the molecule is CN(N)CCOc1ccc(Cl)c(Cl)c1. The van der Waals surface area contributed by atoms with Crippen LogP contribution in [0, 0.1) is 0 Å². The van der Waals surface area contributed by atoms with Crippen molar-refractivity contribution in [1.29, 1.82) is 0 Å². The van der Waals surface area contributed by atoms with Crippen molar-refractivity contribution in [2.24, 2.45) is 5.84 Å². The van der Waals surface area contributed by atoms with Gasteiger partial charge in [-0.15, -0.1) is 0 Å². The second kappa shape index (κ2) is 5.41. The number of ether oxygens (including phenoxy) is 1. The minimum atomic E-state index is 0.491. The molecule has 3 nitrogen and oxygen atoms in total. The zero-order valence-electron chi connectivity index (χ0n) is 7.84. The average Bonchev–Trinajstić information content (AvgIpc) is 2.10. The highest BCUT2D eigenvalue weighted by atomic mass is 35.5. The van der Waals surface area contributed by atoms with E-state index < -0.39 is 0 Å². The molecule has 0 spiro atoms. The largest absolute Gasteiger partial charge is 0.492 e. The number of benzene rings is 1. The van der Waals surface area contributed by atoms with Crippen LogP contribution in [0.15, 0.2) is 18.2 Å². The van der Waals surface area contributed by atoms with Crippen molar-refractivity contribution in [1.82, 2.24) is 5.01 Å². The number of nitrogens with two attached hydrogens (primary N) is 1. The van der Waals surface area contributed by atoms with Crippen molar-refractivity contribution in [3.05, 3.63) is 28.2 Å². The van der Waals surface area contributed by atoms with E-state index in [0.29, 0.717) is 28.9 Å². The summed E-state index contributed by atoms with van der Waals surface area (Å²) in [7, 11) is 1.78. The van der Waals surface area contributed by atoms with Gasteiger partial charge >= 0.3 is 0 Å². The maximum absolute atomic E-state index is 5.81. The molecular formula is C9H12Cl2N2O. The molecule has 14 heavy (non-hydrogen) atoms. The highest BCUT2D eigenvalue weighted by molar-refractivity contribution is 6.42. The van der Waals surface area contributed by atoms with E-state index >= 15 is 0 Å². The first-order chi connectivity index (χ1) is 6.59. The topological polar surface area (TPSA) is 38.5 Å². The van der Waals surface area contributed by atoms with Crippen molar-refractivity contribution in [2.45, 2.75) is 0 Å². The molecule has 1 aromatic carbocycles. The van der Waals surface area contributed by atoms with Crippen LogP contribution in [-0.2, 0) is 0 Å². The van der Waals surface area contributed by atoms with Crippen LogP contribution >= 0.6 is 23.2 Å². The normalized spacial score (nSPS) is 10.6. The van der Waals surface area contributed by atoms with E-state index in [0.717, 1.165) is 0 Å². The molecular weight excluding hydrogens is 223 g/mol. The van der Waals surface area contributed by atoms with Crippen LogP contribution in [0.4, 0.5) is 0 Å². The van der Waals surface area contributed by atoms with Crippen LogP contribution in [-0.4, -0.2) is 25.2 Å². The van der Waals surface area contributed by atoms with Gasteiger partial charge in [0.2, 0.25) is 0 Å². The molecule has 0 amide bonds. The lowest BCUT2D eigenvalue weighted by atomic mass is 10.3. The van der Waals surface area contributed by atoms with Crippen molar-refractivity contribution in [3.63, 3.8) is 0 Å². The van der Waals surface area contributed by atoms with Gasteiger partial charge in [-0.3, -0.25) is 5.84 Å². The molecule has 2 N–H and O–H groups in total. The van der Waals surface area contributed by atoms with Gasteiger partial charge in [-0.2, -0.15) is 0 Å². The standard InChI is InChI=1S/C9H12Cl2N2O/c1-13(12)4-5-14-7-2-3-8(10)9(11)6-7/h2-3,6H,4-5,12H2,1H3. The molecule has 0 atom stereocenters. The van der Waals surface area contributed by atoms with Gasteiger partial charge in [0.1, 0.15) is 12.4 Å². The molecule has 78 valence electrons. The molecule has 1 rings (SSSR count). The van der Waals surface area contributed by atoms with Crippen molar-refractivity contribution >= 4 is 23.2 Å². The second-order valence-corrected chi connectivity index (χ2v) is 3.72. The van der Waals surface area contributed by atoms with E-state index in [9.17, 15) is 0 Å². The van der Waals surface area contributed by atoms with Crippen LogP contribution < -0.4 is 10.6 Å². The third kappa shape index (κ3) is 3.72. The summed E-state index contributed by atoms with van der Waals surface area (Å²) in [5.41, 5.74) is 0. The van der Waals surface area contributed by atoms with Gasteiger partial charge in [0.25, 0.3) is 0 Å². The highest BCUT2D eigenvalue weighted by Crippen LogP contribution is 2.26. The van der Waals surface area contributed by atoms with E-state index in [1.165, 1.54) is 0 Å². The van der Waals surface area contributed by atoms with Gasteiger partial charge in [0.05, 0.1) is 10.0 Å². The highest BCUT2D eigenvalue weighted by Gasteiger charge is 2.00. The van der Waals surface area contributed by atoms with E-state index in [2.05, 4.69) is 0 Å². The Morgan fingerprint density at radius 3 is 2.64 bits per heavy atom. The first kappa shape index (κ1) is 11.6. The van der Waals surface area contributed by atoms with Gasteiger partial charge in [0.15, 0.2) is 0 Å². The third-order valence-electron chi connectivity index (χ3n) is 1.60. The molecule has 0 unspecified atom stereocenters. The summed E-state index contributed by atoms with van der Waals surface area (Å²) in [5.74, 6) is 6.11. The molecule has 0 saturated heterocycles. The summed E-state index contributed by atoms with van der Waals surface area (Å²) in [4.78, 5) is 0. The summed E-state index contributed by atoms with van der Waals surface area (Å²) in [5, 5.41) is 2.57. The molecule has 0 aliphatic carbocycles. The average molecular weight is 235 g/mol. The molecule has 0 aliphatic heterocycles. The summed E-state index contributed by atoms with van der Waals surface area (Å²) >= 11 is 11.6. The number of hydrazine groups is 1. The summed E-state index contributed by atoms with van der Waals surface area (Å²) in [6.07, 6.45) is 0. The predicted molar refractivity (Wildman–Crippen MR) is 58.8 cm³/mol. The maximum Gasteiger partial charge on any atom is 0.120 e. The molecule has 0 radical (unpaired) electrons. The molecule has 0 bridgehead atoms. The Balaban J connectivity index is 2.47. The van der Waals surface area contributed by atoms with Gasteiger partial charge < -0.3 is 4.74 Å².